The van der Waals surface area contributed by atoms with Gasteiger partial charge in [-0.2, -0.15) is 17.6 Å². The van der Waals surface area contributed by atoms with Crippen LogP contribution in [0.2, 0.25) is 0 Å². The minimum Gasteiger partial charge on any atom is -0.435 e. The Labute approximate surface area is 138 Å². The van der Waals surface area contributed by atoms with E-state index in [4.69, 9.17) is 5.11 Å². The monoisotopic (exact) mass is 350 g/mol. The summed E-state index contributed by atoms with van der Waals surface area (Å²) in [7, 11) is 0. The van der Waals surface area contributed by atoms with Crippen LogP contribution in [0.5, 0.6) is 5.75 Å². The van der Waals surface area contributed by atoms with Gasteiger partial charge in [-0.15, -0.1) is 0 Å². The lowest BCUT2D eigenvalue weighted by atomic mass is 10.1. The van der Waals surface area contributed by atoms with Gasteiger partial charge in [-0.3, -0.25) is 0 Å². The van der Waals surface area contributed by atoms with Crippen molar-refractivity contribution in [3.05, 3.63) is 30.0 Å². The van der Waals surface area contributed by atoms with Gasteiger partial charge in [-0.1, -0.05) is 0 Å². The number of hydrogen-bond donors (Lipinski definition) is 2. The predicted molar refractivity (Wildman–Crippen MR) is 84.6 cm³/mol. The molecule has 4 nitrogen and oxygen atoms in total. The number of benzene rings is 1. The molecule has 1 aliphatic heterocycles. The van der Waals surface area contributed by atoms with Crippen LogP contribution < -0.4 is 4.74 Å². The molecule has 2 aromatic rings. The fourth-order valence-electron chi connectivity index (χ4n) is 2.83. The van der Waals surface area contributed by atoms with E-state index in [0.717, 1.165) is 29.4 Å². The number of H-pyrrole nitrogens is 1. The zero-order chi connectivity index (χ0) is 17.5. The number of alkyl halides is 4. The van der Waals surface area contributed by atoms with Crippen molar-refractivity contribution < 1.29 is 28.8 Å². The molecule has 3 rings (SSSR count). The summed E-state index contributed by atoms with van der Waals surface area (Å²) < 4.78 is 48.8. The highest BCUT2D eigenvalue weighted by Crippen LogP contribution is 2.25. The summed E-state index contributed by atoms with van der Waals surface area (Å²) in [6.45, 7) is -2.59. The highest BCUT2D eigenvalue weighted by Gasteiger charge is 2.13. The number of halogens is 4. The maximum Gasteiger partial charge on any atom is 0.387 e. The van der Waals surface area contributed by atoms with Gasteiger partial charge in [0.2, 0.25) is 0 Å². The number of rotatable bonds is 5. The first-order chi connectivity index (χ1) is 11.5. The molecule has 136 valence electrons. The standard InChI is InChI=1S/C15H18F2N2O.CH2F2O.H2/c16-15(17)20-12-3-4-14-13(9-12)11(10-18-14)5-8-19-6-1-2-7-19;2-1(3)4;/h3-4,9-10,15,18H,1-2,5-8H2;1,4H;1H. The molecule has 0 radical (unpaired) electrons. The molecule has 1 fully saturated rings. The molecule has 24 heavy (non-hydrogen) atoms. The second-order valence-electron chi connectivity index (χ2n) is 5.48. The van der Waals surface area contributed by atoms with E-state index in [2.05, 4.69) is 14.6 Å². The van der Waals surface area contributed by atoms with Crippen LogP contribution >= 0.6 is 0 Å². The summed E-state index contributed by atoms with van der Waals surface area (Å²) in [6, 6.07) is 5.04. The van der Waals surface area contributed by atoms with Crippen LogP contribution in [0.4, 0.5) is 17.6 Å². The first-order valence-electron chi connectivity index (χ1n) is 7.69. The number of fused-ring (bicyclic) bond motifs is 1. The first-order valence-corrected chi connectivity index (χ1v) is 7.69. The predicted octanol–water partition coefficient (Wildman–Crippen LogP) is 3.85. The SMILES string of the molecule is FC(F)Oc1ccc2[nH]cc(CCN3CCCC3)c2c1.OC(F)F.[HH]. The molecule has 2 N–H and O–H groups in total. The molecule has 0 spiro atoms. The van der Waals surface area contributed by atoms with Crippen molar-refractivity contribution in [1.82, 2.24) is 9.88 Å². The number of nitrogens with zero attached hydrogens (tertiary/aromatic N) is 1. The Bertz CT molecular complexity index is 631. The van der Waals surface area contributed by atoms with Crippen molar-refractivity contribution >= 4 is 10.9 Å². The zero-order valence-corrected chi connectivity index (χ0v) is 13.0. The first kappa shape index (κ1) is 18.5. The smallest absolute Gasteiger partial charge is 0.387 e. The highest BCUT2D eigenvalue weighted by atomic mass is 19.3. The van der Waals surface area contributed by atoms with Gasteiger partial charge in [-0.25, -0.2) is 0 Å². The largest absolute Gasteiger partial charge is 0.435 e. The number of nitrogens with one attached hydrogen (secondary N) is 1. The summed E-state index contributed by atoms with van der Waals surface area (Å²) >= 11 is 0. The van der Waals surface area contributed by atoms with Gasteiger partial charge in [0.1, 0.15) is 5.75 Å². The lowest BCUT2D eigenvalue weighted by molar-refractivity contribution is -0.0729. The number of likely N-dealkylation sites (tertiary alicyclic amines) is 1. The van der Waals surface area contributed by atoms with Gasteiger partial charge in [0.15, 0.2) is 0 Å². The van der Waals surface area contributed by atoms with Gasteiger partial charge in [0.05, 0.1) is 0 Å². The van der Waals surface area contributed by atoms with Crippen LogP contribution in [-0.2, 0) is 6.42 Å². The minimum atomic E-state index is -3.17. The number of aliphatic hydroxyl groups excluding tert-OH is 1. The number of aromatic amines is 1. The van der Waals surface area contributed by atoms with Crippen molar-refractivity contribution in [2.75, 3.05) is 19.6 Å². The Kier molecular flexibility index (Phi) is 6.86. The van der Waals surface area contributed by atoms with E-state index in [1.54, 1.807) is 18.2 Å². The van der Waals surface area contributed by atoms with Crippen molar-refractivity contribution in [1.29, 1.82) is 0 Å². The van der Waals surface area contributed by atoms with Crippen LogP contribution in [0.25, 0.3) is 10.9 Å². The van der Waals surface area contributed by atoms with Gasteiger partial charge in [-0.05, 0) is 56.1 Å². The van der Waals surface area contributed by atoms with Crippen molar-refractivity contribution in [3.63, 3.8) is 0 Å². The third kappa shape index (κ3) is 5.68. The zero-order valence-electron chi connectivity index (χ0n) is 13.0. The van der Waals surface area contributed by atoms with Crippen molar-refractivity contribution in [2.45, 2.75) is 32.5 Å². The van der Waals surface area contributed by atoms with Gasteiger partial charge in [0, 0.05) is 25.1 Å². The summed E-state index contributed by atoms with van der Waals surface area (Å²) in [5.41, 5.74) is 2.12. The van der Waals surface area contributed by atoms with E-state index in [1.807, 2.05) is 6.20 Å². The molecule has 0 bridgehead atoms. The Morgan fingerprint density at radius 2 is 1.88 bits per heavy atom. The normalized spacial score (nSPS) is 15.1. The maximum absolute atomic E-state index is 12.3. The summed E-state index contributed by atoms with van der Waals surface area (Å²) in [5.74, 6) is 0.217. The van der Waals surface area contributed by atoms with Gasteiger partial charge in [0.25, 0.3) is 0 Å². The number of aromatic nitrogens is 1. The van der Waals surface area contributed by atoms with Crippen molar-refractivity contribution in [3.8, 4) is 5.75 Å². The molecule has 1 aliphatic rings. The molecule has 1 aromatic heterocycles. The second-order valence-corrected chi connectivity index (χ2v) is 5.48. The molecule has 0 atom stereocenters. The summed E-state index contributed by atoms with van der Waals surface area (Å²) in [5, 5.41) is 7.70. The fraction of sp³-hybridized carbons (Fsp3) is 0.500. The van der Waals surface area contributed by atoms with Gasteiger partial charge < -0.3 is 19.7 Å². The van der Waals surface area contributed by atoms with Crippen molar-refractivity contribution in [2.24, 2.45) is 0 Å². The van der Waals surface area contributed by atoms with Crippen LogP contribution in [0.3, 0.4) is 0 Å². The molecule has 8 heteroatoms. The lowest BCUT2D eigenvalue weighted by Crippen LogP contribution is -2.21. The molecule has 1 saturated heterocycles. The molecule has 2 heterocycles. The van der Waals surface area contributed by atoms with Crippen LogP contribution in [0, 0.1) is 0 Å². The maximum atomic E-state index is 12.3. The van der Waals surface area contributed by atoms with E-state index in [0.29, 0.717) is 0 Å². The van der Waals surface area contributed by atoms with Crippen LogP contribution in [-0.4, -0.2) is 47.8 Å². The Morgan fingerprint density at radius 1 is 1.21 bits per heavy atom. The summed E-state index contributed by atoms with van der Waals surface area (Å²) in [6.07, 6.45) is 5.45. The molecule has 0 saturated carbocycles. The molecule has 0 unspecified atom stereocenters. The number of aliphatic hydroxyl groups is 1. The Morgan fingerprint density at radius 3 is 2.50 bits per heavy atom. The average molecular weight is 350 g/mol. The minimum absolute atomic E-state index is 0. The topological polar surface area (TPSA) is 48.5 Å². The lowest BCUT2D eigenvalue weighted by Gasteiger charge is -2.13. The Balaban J connectivity index is 0.000000568. The third-order valence-electron chi connectivity index (χ3n) is 3.86. The van der Waals surface area contributed by atoms with E-state index in [9.17, 15) is 17.6 Å². The van der Waals surface area contributed by atoms with E-state index in [-0.39, 0.29) is 7.18 Å². The van der Waals surface area contributed by atoms with Gasteiger partial charge >= 0.3 is 13.2 Å². The molecule has 0 aliphatic carbocycles. The summed E-state index contributed by atoms with van der Waals surface area (Å²) in [4.78, 5) is 5.63. The quantitative estimate of drug-likeness (QED) is 0.805. The Hall–Kier alpha value is -1.80. The third-order valence-corrected chi connectivity index (χ3v) is 3.86. The second kappa shape index (κ2) is 8.89. The van der Waals surface area contributed by atoms with Crippen LogP contribution in [0.1, 0.15) is 19.8 Å². The average Bonchev–Trinajstić information content (AvgIpc) is 3.12. The van der Waals surface area contributed by atoms with E-state index in [1.165, 1.54) is 25.9 Å². The van der Waals surface area contributed by atoms with E-state index < -0.39 is 13.2 Å². The fourth-order valence-corrected chi connectivity index (χ4v) is 2.83. The number of hydrogen-bond acceptors (Lipinski definition) is 3. The molecule has 1 aromatic carbocycles. The highest BCUT2D eigenvalue weighted by molar-refractivity contribution is 5.84. The molecular weight excluding hydrogens is 328 g/mol. The number of ether oxygens (including phenoxy) is 1. The van der Waals surface area contributed by atoms with E-state index >= 15 is 0 Å². The molecule has 0 amide bonds. The molecular formula is C16H22F4N2O2. The van der Waals surface area contributed by atoms with Crippen LogP contribution in [0.15, 0.2) is 24.4 Å².